The van der Waals surface area contributed by atoms with Gasteiger partial charge in [-0.15, -0.1) is 10.2 Å². The van der Waals surface area contributed by atoms with E-state index in [9.17, 15) is 0 Å². The summed E-state index contributed by atoms with van der Waals surface area (Å²) in [5.41, 5.74) is 3.20. The predicted octanol–water partition coefficient (Wildman–Crippen LogP) is 4.77. The van der Waals surface area contributed by atoms with E-state index in [4.69, 9.17) is 15.2 Å². The Morgan fingerprint density at radius 2 is 1.79 bits per heavy atom. The highest BCUT2D eigenvalue weighted by Crippen LogP contribution is 2.55. The average Bonchev–Trinajstić information content (AvgIpc) is 3.28. The highest BCUT2D eigenvalue weighted by Gasteiger charge is 2.55. The van der Waals surface area contributed by atoms with Gasteiger partial charge in [0.05, 0.1) is 5.52 Å². The van der Waals surface area contributed by atoms with Crippen LogP contribution in [0.15, 0.2) is 30.3 Å². The Morgan fingerprint density at radius 3 is 2.58 bits per heavy atom. The summed E-state index contributed by atoms with van der Waals surface area (Å²) in [4.78, 5) is 9.83. The van der Waals surface area contributed by atoms with Crippen LogP contribution in [0, 0.1) is 24.7 Å². The SMILES string of the molecule is Cc1cc(-c2nnc(N(C)C3C4CCCC43)n2CC(C)CN2CCCC2)c2ccccc2n1. The lowest BCUT2D eigenvalue weighted by molar-refractivity contribution is 0.272. The number of benzene rings is 1. The number of likely N-dealkylation sites (tertiary alicyclic amines) is 1. The maximum Gasteiger partial charge on any atom is 0.227 e. The fourth-order valence-electron chi connectivity index (χ4n) is 6.68. The van der Waals surface area contributed by atoms with Gasteiger partial charge in [0.25, 0.3) is 0 Å². The molecule has 0 spiro atoms. The zero-order chi connectivity index (χ0) is 22.5. The van der Waals surface area contributed by atoms with Gasteiger partial charge in [0.15, 0.2) is 5.82 Å². The fraction of sp³-hybridized carbons (Fsp3) is 0.593. The van der Waals surface area contributed by atoms with Crippen LogP contribution in [0.25, 0.3) is 22.3 Å². The summed E-state index contributed by atoms with van der Waals surface area (Å²) < 4.78 is 2.41. The molecule has 3 heterocycles. The number of aryl methyl sites for hydroxylation is 1. The molecule has 2 aromatic heterocycles. The quantitative estimate of drug-likeness (QED) is 0.525. The van der Waals surface area contributed by atoms with Gasteiger partial charge in [-0.05, 0) is 75.6 Å². The Bertz CT molecular complexity index is 1140. The lowest BCUT2D eigenvalue weighted by Crippen LogP contribution is -2.30. The Morgan fingerprint density at radius 1 is 1.03 bits per heavy atom. The van der Waals surface area contributed by atoms with Crippen molar-refractivity contribution in [1.29, 1.82) is 0 Å². The van der Waals surface area contributed by atoms with Crippen LogP contribution in [0.4, 0.5) is 5.95 Å². The third kappa shape index (κ3) is 3.82. The third-order valence-corrected chi connectivity index (χ3v) is 8.20. The topological polar surface area (TPSA) is 50.1 Å². The first-order valence-corrected chi connectivity index (χ1v) is 12.9. The molecule has 2 saturated carbocycles. The standard InChI is InChI=1S/C27H36N6/c1-18(16-32-13-6-7-14-32)17-33-26(23-15-19(2)28-24-12-5-4-9-20(23)24)29-30-27(33)31(3)25-21-10-8-11-22(21)25/h4-5,9,12,15,18,21-22,25H,6-8,10-11,13-14,16-17H2,1-3H3. The Kier molecular flexibility index (Phi) is 5.36. The van der Waals surface area contributed by atoms with Crippen molar-refractivity contribution in [2.75, 3.05) is 31.6 Å². The molecule has 6 rings (SSSR count). The molecule has 6 heteroatoms. The molecule has 0 radical (unpaired) electrons. The first kappa shape index (κ1) is 21.1. The molecule has 1 saturated heterocycles. The van der Waals surface area contributed by atoms with Crippen molar-refractivity contribution in [3.63, 3.8) is 0 Å². The van der Waals surface area contributed by atoms with Gasteiger partial charge in [-0.25, -0.2) is 0 Å². The molecule has 3 fully saturated rings. The minimum atomic E-state index is 0.540. The monoisotopic (exact) mass is 444 g/mol. The molecule has 3 aromatic rings. The molecule has 3 aliphatic rings. The summed E-state index contributed by atoms with van der Waals surface area (Å²) in [6, 6.07) is 11.2. The van der Waals surface area contributed by atoms with Crippen molar-refractivity contribution in [3.05, 3.63) is 36.0 Å². The Labute approximate surface area is 197 Å². The molecule has 6 nitrogen and oxygen atoms in total. The van der Waals surface area contributed by atoms with E-state index in [2.05, 4.69) is 65.6 Å². The summed E-state index contributed by atoms with van der Waals surface area (Å²) in [5, 5.41) is 10.8. The Hall–Kier alpha value is -2.47. The number of fused-ring (bicyclic) bond motifs is 2. The molecule has 1 aliphatic heterocycles. The van der Waals surface area contributed by atoms with E-state index < -0.39 is 0 Å². The number of hydrogen-bond donors (Lipinski definition) is 0. The van der Waals surface area contributed by atoms with Gasteiger partial charge in [0, 0.05) is 42.8 Å². The maximum atomic E-state index is 4.82. The molecule has 0 amide bonds. The minimum Gasteiger partial charge on any atom is -0.340 e. The van der Waals surface area contributed by atoms with Crippen molar-refractivity contribution < 1.29 is 0 Å². The molecular weight excluding hydrogens is 408 g/mol. The van der Waals surface area contributed by atoms with Crippen molar-refractivity contribution in [1.82, 2.24) is 24.6 Å². The normalized spacial score (nSPS) is 25.5. The number of nitrogens with zero attached hydrogens (tertiary/aromatic N) is 6. The molecule has 3 atom stereocenters. The van der Waals surface area contributed by atoms with Crippen molar-refractivity contribution in [2.45, 2.75) is 58.5 Å². The lowest BCUT2D eigenvalue weighted by atomic mass is 10.1. The highest BCUT2D eigenvalue weighted by molar-refractivity contribution is 5.93. The zero-order valence-corrected chi connectivity index (χ0v) is 20.2. The molecule has 0 bridgehead atoms. The molecular formula is C27H36N6. The second-order valence-electron chi connectivity index (χ2n) is 10.7. The van der Waals surface area contributed by atoms with Gasteiger partial charge in [0.2, 0.25) is 5.95 Å². The highest BCUT2D eigenvalue weighted by atomic mass is 15.4. The summed E-state index contributed by atoms with van der Waals surface area (Å²) in [6.07, 6.45) is 6.82. The molecule has 0 N–H and O–H groups in total. The van der Waals surface area contributed by atoms with Crippen LogP contribution < -0.4 is 4.90 Å². The van der Waals surface area contributed by atoms with E-state index >= 15 is 0 Å². The van der Waals surface area contributed by atoms with Crippen LogP contribution in [-0.4, -0.2) is 57.4 Å². The van der Waals surface area contributed by atoms with Crippen LogP contribution in [0.2, 0.25) is 0 Å². The Balaban J connectivity index is 1.39. The van der Waals surface area contributed by atoms with Gasteiger partial charge in [-0.3, -0.25) is 9.55 Å². The van der Waals surface area contributed by atoms with Gasteiger partial charge in [0.1, 0.15) is 0 Å². The van der Waals surface area contributed by atoms with E-state index in [0.717, 1.165) is 58.9 Å². The molecule has 33 heavy (non-hydrogen) atoms. The second-order valence-corrected chi connectivity index (χ2v) is 10.7. The average molecular weight is 445 g/mol. The number of hydrogen-bond acceptors (Lipinski definition) is 5. The molecule has 3 unspecified atom stereocenters. The molecule has 174 valence electrons. The van der Waals surface area contributed by atoms with E-state index in [1.165, 1.54) is 45.2 Å². The number of para-hydroxylation sites is 1. The van der Waals surface area contributed by atoms with Crippen molar-refractivity contribution in [3.8, 4) is 11.4 Å². The smallest absolute Gasteiger partial charge is 0.227 e. The van der Waals surface area contributed by atoms with Crippen LogP contribution in [0.1, 0.15) is 44.7 Å². The van der Waals surface area contributed by atoms with Gasteiger partial charge in [-0.1, -0.05) is 31.5 Å². The maximum absolute atomic E-state index is 4.82. The van der Waals surface area contributed by atoms with Gasteiger partial charge < -0.3 is 9.80 Å². The van der Waals surface area contributed by atoms with Crippen molar-refractivity contribution in [2.24, 2.45) is 17.8 Å². The van der Waals surface area contributed by atoms with E-state index in [1.807, 2.05) is 0 Å². The number of anilines is 1. The number of aromatic nitrogens is 4. The fourth-order valence-corrected chi connectivity index (χ4v) is 6.68. The lowest BCUT2D eigenvalue weighted by Gasteiger charge is -2.25. The predicted molar refractivity (Wildman–Crippen MR) is 133 cm³/mol. The zero-order valence-electron chi connectivity index (χ0n) is 20.2. The first-order valence-electron chi connectivity index (χ1n) is 12.9. The number of rotatable bonds is 7. The second kappa shape index (κ2) is 8.39. The van der Waals surface area contributed by atoms with Gasteiger partial charge >= 0.3 is 0 Å². The summed E-state index contributed by atoms with van der Waals surface area (Å²) >= 11 is 0. The summed E-state index contributed by atoms with van der Waals surface area (Å²) in [7, 11) is 2.24. The minimum absolute atomic E-state index is 0.540. The first-order chi connectivity index (χ1) is 16.1. The van der Waals surface area contributed by atoms with Crippen LogP contribution in [0.5, 0.6) is 0 Å². The van der Waals surface area contributed by atoms with Crippen LogP contribution in [0.3, 0.4) is 0 Å². The van der Waals surface area contributed by atoms with E-state index in [-0.39, 0.29) is 0 Å². The molecule has 1 aromatic carbocycles. The van der Waals surface area contributed by atoms with Crippen molar-refractivity contribution >= 4 is 16.9 Å². The van der Waals surface area contributed by atoms with E-state index in [0.29, 0.717) is 12.0 Å². The molecule has 2 aliphatic carbocycles. The largest absolute Gasteiger partial charge is 0.340 e. The third-order valence-electron chi connectivity index (χ3n) is 8.20. The van der Waals surface area contributed by atoms with Gasteiger partial charge in [-0.2, -0.15) is 0 Å². The van der Waals surface area contributed by atoms with Crippen LogP contribution >= 0.6 is 0 Å². The number of pyridine rings is 1. The van der Waals surface area contributed by atoms with E-state index in [1.54, 1.807) is 0 Å². The summed E-state index contributed by atoms with van der Waals surface area (Å²) in [5.74, 6) is 4.27. The van der Waals surface area contributed by atoms with Crippen LogP contribution in [-0.2, 0) is 6.54 Å². The summed E-state index contributed by atoms with van der Waals surface area (Å²) in [6.45, 7) is 9.03.